The maximum atomic E-state index is 13.2. The van der Waals surface area contributed by atoms with Crippen LogP contribution in [0, 0.1) is 10.1 Å². The van der Waals surface area contributed by atoms with E-state index in [2.05, 4.69) is 10.6 Å². The van der Waals surface area contributed by atoms with Crippen molar-refractivity contribution >= 4 is 28.5 Å². The number of carbonyl (C=O) groups is 2. The summed E-state index contributed by atoms with van der Waals surface area (Å²) in [5.41, 5.74) is 1.38. The maximum Gasteiger partial charge on any atom is 0.274 e. The van der Waals surface area contributed by atoms with Crippen LogP contribution in [0.1, 0.15) is 44.8 Å². The normalized spacial score (nSPS) is 19.4. The fourth-order valence-corrected chi connectivity index (χ4v) is 4.53. The number of rotatable bonds is 8. The minimum absolute atomic E-state index is 0.0365. The standard InChI is InChI=1S/C24H31N5O5/c1-2-19-14-17-13-18(8-9-21(17)34-19)25-22(15-29(32)33)26-20-7-3-4-12-28(24(20)31)16-23(30)27-10-5-6-11-27/h8-9,13-15,20,25-26H,2-7,10-12,16H2,1H3. The van der Waals surface area contributed by atoms with Gasteiger partial charge in [-0.1, -0.05) is 6.92 Å². The SMILES string of the molecule is CCc1cc2cc(NC(=C[N+](=O)[O-])NC3CCCCN(CC(=O)N4CCCC4)C3=O)ccc2o1. The van der Waals surface area contributed by atoms with E-state index in [0.29, 0.717) is 18.7 Å². The Morgan fingerprint density at radius 2 is 1.97 bits per heavy atom. The molecule has 1 unspecified atom stereocenters. The third-order valence-corrected chi connectivity index (χ3v) is 6.32. The van der Waals surface area contributed by atoms with Crippen molar-refractivity contribution in [3.63, 3.8) is 0 Å². The van der Waals surface area contributed by atoms with E-state index < -0.39 is 11.0 Å². The van der Waals surface area contributed by atoms with Crippen LogP contribution < -0.4 is 10.6 Å². The van der Waals surface area contributed by atoms with Crippen molar-refractivity contribution in [3.8, 4) is 0 Å². The fraction of sp³-hybridized carbons (Fsp3) is 0.500. The molecular weight excluding hydrogens is 438 g/mol. The van der Waals surface area contributed by atoms with E-state index in [1.54, 1.807) is 15.9 Å². The number of nitrogens with zero attached hydrogens (tertiary/aromatic N) is 3. The van der Waals surface area contributed by atoms with Gasteiger partial charge in [0.25, 0.3) is 6.20 Å². The number of amides is 2. The molecule has 34 heavy (non-hydrogen) atoms. The van der Waals surface area contributed by atoms with Crippen LogP contribution in [0.5, 0.6) is 0 Å². The molecule has 2 saturated heterocycles. The van der Waals surface area contributed by atoms with Crippen molar-refractivity contribution in [2.75, 3.05) is 31.5 Å². The summed E-state index contributed by atoms with van der Waals surface area (Å²) in [5, 5.41) is 18.3. The molecule has 10 nitrogen and oxygen atoms in total. The highest BCUT2D eigenvalue weighted by Gasteiger charge is 2.31. The zero-order chi connectivity index (χ0) is 24.1. The van der Waals surface area contributed by atoms with Gasteiger partial charge in [-0.3, -0.25) is 19.7 Å². The topological polar surface area (TPSA) is 121 Å². The van der Waals surface area contributed by atoms with Gasteiger partial charge in [0.1, 0.15) is 17.4 Å². The summed E-state index contributed by atoms with van der Waals surface area (Å²) < 4.78 is 5.72. The van der Waals surface area contributed by atoms with Crippen molar-refractivity contribution in [3.05, 3.63) is 52.2 Å². The molecule has 1 aromatic carbocycles. The van der Waals surface area contributed by atoms with E-state index in [1.807, 2.05) is 25.1 Å². The minimum Gasteiger partial charge on any atom is -0.461 e. The predicted molar refractivity (Wildman–Crippen MR) is 127 cm³/mol. The largest absolute Gasteiger partial charge is 0.461 e. The summed E-state index contributed by atoms with van der Waals surface area (Å²) in [6, 6.07) is 6.72. The molecule has 3 heterocycles. The zero-order valence-electron chi connectivity index (χ0n) is 19.4. The third-order valence-electron chi connectivity index (χ3n) is 6.32. The Kier molecular flexibility index (Phi) is 7.34. The highest BCUT2D eigenvalue weighted by molar-refractivity contribution is 5.88. The Hall–Kier alpha value is -3.56. The molecule has 182 valence electrons. The lowest BCUT2D eigenvalue weighted by Crippen LogP contribution is -2.49. The number of nitro groups is 1. The molecule has 0 aliphatic carbocycles. The Labute approximate surface area is 198 Å². The number of fused-ring (bicyclic) bond motifs is 1. The summed E-state index contributed by atoms with van der Waals surface area (Å²) >= 11 is 0. The number of carbonyl (C=O) groups excluding carboxylic acids is 2. The smallest absolute Gasteiger partial charge is 0.274 e. The number of benzene rings is 1. The first-order valence-corrected chi connectivity index (χ1v) is 11.9. The zero-order valence-corrected chi connectivity index (χ0v) is 19.4. The molecule has 0 spiro atoms. The molecular formula is C24H31N5O5. The van der Waals surface area contributed by atoms with Crippen LogP contribution in [0.3, 0.4) is 0 Å². The van der Waals surface area contributed by atoms with E-state index in [9.17, 15) is 19.7 Å². The lowest BCUT2D eigenvalue weighted by atomic mass is 10.1. The summed E-state index contributed by atoms with van der Waals surface area (Å²) in [4.78, 5) is 40.0. The lowest BCUT2D eigenvalue weighted by molar-refractivity contribution is -0.403. The Balaban J connectivity index is 1.47. The first-order chi connectivity index (χ1) is 16.4. The van der Waals surface area contributed by atoms with Gasteiger partial charge < -0.3 is 24.9 Å². The average Bonchev–Trinajstić information content (AvgIpc) is 3.45. The molecule has 2 N–H and O–H groups in total. The van der Waals surface area contributed by atoms with Crippen LogP contribution in [0.15, 0.2) is 40.7 Å². The Bertz CT molecular complexity index is 1090. The third kappa shape index (κ3) is 5.67. The second-order valence-electron chi connectivity index (χ2n) is 8.81. The van der Waals surface area contributed by atoms with E-state index in [1.165, 1.54) is 0 Å². The van der Waals surface area contributed by atoms with E-state index in [0.717, 1.165) is 68.1 Å². The predicted octanol–water partition coefficient (Wildman–Crippen LogP) is 3.08. The summed E-state index contributed by atoms with van der Waals surface area (Å²) in [7, 11) is 0. The molecule has 1 atom stereocenters. The van der Waals surface area contributed by atoms with Crippen LogP contribution >= 0.6 is 0 Å². The first kappa shape index (κ1) is 23.6. The van der Waals surface area contributed by atoms with Crippen molar-refractivity contribution in [1.29, 1.82) is 0 Å². The molecule has 2 fully saturated rings. The molecule has 2 aliphatic heterocycles. The van der Waals surface area contributed by atoms with Crippen molar-refractivity contribution in [1.82, 2.24) is 15.1 Å². The molecule has 0 bridgehead atoms. The van der Waals surface area contributed by atoms with Gasteiger partial charge in [0, 0.05) is 37.1 Å². The van der Waals surface area contributed by atoms with Crippen LogP contribution in [0.2, 0.25) is 0 Å². The van der Waals surface area contributed by atoms with E-state index in [4.69, 9.17) is 4.42 Å². The highest BCUT2D eigenvalue weighted by Crippen LogP contribution is 2.24. The number of anilines is 1. The molecule has 2 aromatic rings. The van der Waals surface area contributed by atoms with Crippen molar-refractivity contribution in [2.45, 2.75) is 51.5 Å². The molecule has 1 aromatic heterocycles. The van der Waals surface area contributed by atoms with Crippen molar-refractivity contribution in [2.24, 2.45) is 0 Å². The maximum absolute atomic E-state index is 13.2. The van der Waals surface area contributed by atoms with Gasteiger partial charge in [-0.15, -0.1) is 0 Å². The number of nitrogens with one attached hydrogen (secondary N) is 2. The van der Waals surface area contributed by atoms with E-state index >= 15 is 0 Å². The van der Waals surface area contributed by atoms with Gasteiger partial charge in [0.15, 0.2) is 5.82 Å². The number of hydrogen-bond acceptors (Lipinski definition) is 7. The summed E-state index contributed by atoms with van der Waals surface area (Å²) in [6.07, 6.45) is 5.69. The van der Waals surface area contributed by atoms with Crippen LogP contribution in [-0.4, -0.2) is 58.8 Å². The van der Waals surface area contributed by atoms with Crippen LogP contribution in [0.25, 0.3) is 11.0 Å². The minimum atomic E-state index is -0.656. The quantitative estimate of drug-likeness (QED) is 0.450. The monoisotopic (exact) mass is 469 g/mol. The van der Waals surface area contributed by atoms with Gasteiger partial charge in [-0.25, -0.2) is 0 Å². The van der Waals surface area contributed by atoms with Gasteiger partial charge in [0.05, 0.1) is 11.5 Å². The number of hydrogen-bond donors (Lipinski definition) is 2. The van der Waals surface area contributed by atoms with Crippen LogP contribution in [0.4, 0.5) is 5.69 Å². The first-order valence-electron chi connectivity index (χ1n) is 11.9. The molecule has 4 rings (SSSR count). The van der Waals surface area contributed by atoms with Gasteiger partial charge in [-0.2, -0.15) is 0 Å². The molecule has 2 aliphatic rings. The van der Waals surface area contributed by atoms with Crippen molar-refractivity contribution < 1.29 is 18.9 Å². The summed E-state index contributed by atoms with van der Waals surface area (Å²) in [5.74, 6) is 0.734. The molecule has 0 saturated carbocycles. The fourth-order valence-electron chi connectivity index (χ4n) is 4.53. The average molecular weight is 470 g/mol. The van der Waals surface area contributed by atoms with Gasteiger partial charge in [-0.05, 0) is 56.4 Å². The number of furan rings is 1. The second kappa shape index (κ2) is 10.6. The van der Waals surface area contributed by atoms with Gasteiger partial charge in [0.2, 0.25) is 11.8 Å². The molecule has 2 amide bonds. The van der Waals surface area contributed by atoms with Crippen LogP contribution in [-0.2, 0) is 16.0 Å². The number of aryl methyl sites for hydroxylation is 1. The molecule has 10 heteroatoms. The molecule has 0 radical (unpaired) electrons. The van der Waals surface area contributed by atoms with Gasteiger partial charge >= 0.3 is 0 Å². The Morgan fingerprint density at radius 1 is 1.21 bits per heavy atom. The highest BCUT2D eigenvalue weighted by atomic mass is 16.6. The second-order valence-corrected chi connectivity index (χ2v) is 8.81. The number of likely N-dealkylation sites (tertiary alicyclic amines) is 2. The lowest BCUT2D eigenvalue weighted by Gasteiger charge is -2.27. The van der Waals surface area contributed by atoms with E-state index in [-0.39, 0.29) is 24.2 Å². The Morgan fingerprint density at radius 3 is 2.71 bits per heavy atom. The summed E-state index contributed by atoms with van der Waals surface area (Å²) in [6.45, 7) is 4.04.